The minimum absolute atomic E-state index is 0.242. The summed E-state index contributed by atoms with van der Waals surface area (Å²) in [5.74, 6) is -0.281. The lowest BCUT2D eigenvalue weighted by atomic mass is 10.1. The van der Waals surface area contributed by atoms with Gasteiger partial charge in [-0.05, 0) is 38.3 Å². The first-order valence-corrected chi connectivity index (χ1v) is 7.65. The highest BCUT2D eigenvalue weighted by Crippen LogP contribution is 2.15. The Kier molecular flexibility index (Phi) is 4.90. The third-order valence-corrected chi connectivity index (χ3v) is 3.98. The minimum Gasteiger partial charge on any atom is -0.456 e. The van der Waals surface area contributed by atoms with E-state index in [4.69, 9.17) is 4.74 Å². The summed E-state index contributed by atoms with van der Waals surface area (Å²) in [6, 6.07) is 5.79. The Morgan fingerprint density at radius 2 is 2.15 bits per heavy atom. The predicted molar refractivity (Wildman–Crippen MR) is 81.1 cm³/mol. The number of benzene rings is 1. The first-order chi connectivity index (χ1) is 9.60. The Morgan fingerprint density at radius 3 is 2.90 bits per heavy atom. The molecule has 0 radical (unpaired) electrons. The third-order valence-electron chi connectivity index (χ3n) is 3.03. The van der Waals surface area contributed by atoms with E-state index in [1.807, 2.05) is 37.4 Å². The van der Waals surface area contributed by atoms with Crippen molar-refractivity contribution in [3.05, 3.63) is 51.0 Å². The lowest BCUT2D eigenvalue weighted by Crippen LogP contribution is -2.07. The van der Waals surface area contributed by atoms with Gasteiger partial charge in [0.25, 0.3) is 0 Å². The molecule has 0 spiro atoms. The van der Waals surface area contributed by atoms with Crippen molar-refractivity contribution in [3.63, 3.8) is 0 Å². The number of esters is 1. The number of aryl methyl sites for hydroxylation is 3. The lowest BCUT2D eigenvalue weighted by Gasteiger charge is -2.06. The fourth-order valence-electron chi connectivity index (χ4n) is 1.92. The van der Waals surface area contributed by atoms with E-state index in [9.17, 15) is 4.79 Å². The molecule has 0 fully saturated rings. The molecule has 0 N–H and O–H groups in total. The van der Waals surface area contributed by atoms with Gasteiger partial charge < -0.3 is 4.74 Å². The van der Waals surface area contributed by atoms with Gasteiger partial charge in [0.15, 0.2) is 0 Å². The van der Waals surface area contributed by atoms with Gasteiger partial charge in [-0.2, -0.15) is 0 Å². The summed E-state index contributed by atoms with van der Waals surface area (Å²) in [4.78, 5) is 16.5. The molecule has 3 nitrogen and oxygen atoms in total. The van der Waals surface area contributed by atoms with Gasteiger partial charge in [-0.3, -0.25) is 0 Å². The van der Waals surface area contributed by atoms with Gasteiger partial charge in [-0.25, -0.2) is 9.78 Å². The summed E-state index contributed by atoms with van der Waals surface area (Å²) in [6.07, 6.45) is 2.06. The molecule has 2 aromatic rings. The molecule has 20 heavy (non-hydrogen) atoms. The zero-order chi connectivity index (χ0) is 14.5. The normalized spacial score (nSPS) is 10.6. The maximum absolute atomic E-state index is 12.1. The van der Waals surface area contributed by atoms with Crippen LogP contribution in [0.5, 0.6) is 0 Å². The third kappa shape index (κ3) is 3.67. The highest BCUT2D eigenvalue weighted by Gasteiger charge is 2.12. The van der Waals surface area contributed by atoms with Crippen molar-refractivity contribution in [2.24, 2.45) is 0 Å². The molecular weight excluding hydrogens is 270 g/mol. The van der Waals surface area contributed by atoms with E-state index in [0.717, 1.165) is 34.7 Å². The Hall–Kier alpha value is -1.68. The standard InChI is InChI=1S/C16H19NO2S/c1-4-5-15-17-13(10-20-15)9-19-16(18)14-8-11(2)6-7-12(14)3/h6-8,10H,4-5,9H2,1-3H3. The van der Waals surface area contributed by atoms with Gasteiger partial charge in [0.05, 0.1) is 16.3 Å². The second-order valence-corrected chi connectivity index (χ2v) is 5.82. The smallest absolute Gasteiger partial charge is 0.338 e. The van der Waals surface area contributed by atoms with Crippen molar-refractivity contribution in [2.75, 3.05) is 0 Å². The van der Waals surface area contributed by atoms with Crippen LogP contribution in [0.1, 0.15) is 45.5 Å². The van der Waals surface area contributed by atoms with Crippen LogP contribution in [0.15, 0.2) is 23.6 Å². The van der Waals surface area contributed by atoms with Crippen molar-refractivity contribution in [1.29, 1.82) is 0 Å². The zero-order valence-electron chi connectivity index (χ0n) is 12.1. The van der Waals surface area contributed by atoms with Gasteiger partial charge in [0.1, 0.15) is 6.61 Å². The number of hydrogen-bond donors (Lipinski definition) is 0. The summed E-state index contributed by atoms with van der Waals surface area (Å²) in [6.45, 7) is 6.25. The van der Waals surface area contributed by atoms with Gasteiger partial charge >= 0.3 is 5.97 Å². The monoisotopic (exact) mass is 289 g/mol. The van der Waals surface area contributed by atoms with Crippen molar-refractivity contribution >= 4 is 17.3 Å². The second kappa shape index (κ2) is 6.66. The number of ether oxygens (including phenoxy) is 1. The molecular formula is C16H19NO2S. The van der Waals surface area contributed by atoms with Gasteiger partial charge in [0.2, 0.25) is 0 Å². The highest BCUT2D eigenvalue weighted by molar-refractivity contribution is 7.09. The fourth-order valence-corrected chi connectivity index (χ4v) is 2.80. The first-order valence-electron chi connectivity index (χ1n) is 6.77. The van der Waals surface area contributed by atoms with Crippen LogP contribution in [0.4, 0.5) is 0 Å². The molecule has 0 aliphatic heterocycles. The van der Waals surface area contributed by atoms with Crippen molar-refractivity contribution < 1.29 is 9.53 Å². The van der Waals surface area contributed by atoms with Crippen molar-refractivity contribution in [3.8, 4) is 0 Å². The molecule has 0 amide bonds. The topological polar surface area (TPSA) is 39.2 Å². The van der Waals surface area contributed by atoms with E-state index in [-0.39, 0.29) is 12.6 Å². The Bertz CT molecular complexity index is 604. The van der Waals surface area contributed by atoms with Crippen molar-refractivity contribution in [2.45, 2.75) is 40.2 Å². The van der Waals surface area contributed by atoms with Crippen LogP contribution in [0, 0.1) is 13.8 Å². The second-order valence-electron chi connectivity index (χ2n) is 4.88. The number of thiazole rings is 1. The van der Waals surface area contributed by atoms with Gasteiger partial charge in [-0.1, -0.05) is 24.6 Å². The number of aromatic nitrogens is 1. The maximum Gasteiger partial charge on any atom is 0.338 e. The van der Waals surface area contributed by atoms with E-state index >= 15 is 0 Å². The molecule has 1 aromatic heterocycles. The minimum atomic E-state index is -0.281. The molecule has 106 valence electrons. The van der Waals surface area contributed by atoms with Gasteiger partial charge in [0, 0.05) is 5.38 Å². The molecule has 0 bridgehead atoms. The molecule has 0 aliphatic rings. The van der Waals surface area contributed by atoms with E-state index < -0.39 is 0 Å². The van der Waals surface area contributed by atoms with E-state index in [2.05, 4.69) is 11.9 Å². The number of rotatable bonds is 5. The molecule has 4 heteroatoms. The first kappa shape index (κ1) is 14.7. The molecule has 0 unspecified atom stereocenters. The summed E-state index contributed by atoms with van der Waals surface area (Å²) in [5, 5.41) is 3.06. The van der Waals surface area contributed by atoms with Crippen LogP contribution < -0.4 is 0 Å². The largest absolute Gasteiger partial charge is 0.456 e. The average Bonchev–Trinajstić information content (AvgIpc) is 2.87. The Balaban J connectivity index is 1.99. The molecule has 0 atom stereocenters. The molecule has 1 aromatic carbocycles. The Labute approximate surface area is 123 Å². The zero-order valence-corrected chi connectivity index (χ0v) is 12.9. The van der Waals surface area contributed by atoms with E-state index in [0.29, 0.717) is 5.56 Å². The van der Waals surface area contributed by atoms with Crippen LogP contribution >= 0.6 is 11.3 Å². The Morgan fingerprint density at radius 1 is 1.35 bits per heavy atom. The molecule has 0 aliphatic carbocycles. The van der Waals surface area contributed by atoms with E-state index in [1.165, 1.54) is 0 Å². The van der Waals surface area contributed by atoms with Crippen LogP contribution in [-0.4, -0.2) is 11.0 Å². The molecule has 0 saturated carbocycles. The summed E-state index contributed by atoms with van der Waals surface area (Å²) in [5.41, 5.74) is 3.46. The quantitative estimate of drug-likeness (QED) is 0.779. The lowest BCUT2D eigenvalue weighted by molar-refractivity contribution is 0.0467. The predicted octanol–water partition coefficient (Wildman–Crippen LogP) is 4.07. The van der Waals surface area contributed by atoms with Crippen molar-refractivity contribution in [1.82, 2.24) is 4.98 Å². The summed E-state index contributed by atoms with van der Waals surface area (Å²) < 4.78 is 5.35. The van der Waals surface area contributed by atoms with Crippen LogP contribution in [0.3, 0.4) is 0 Å². The van der Waals surface area contributed by atoms with E-state index in [1.54, 1.807) is 11.3 Å². The summed E-state index contributed by atoms with van der Waals surface area (Å²) in [7, 11) is 0. The SMILES string of the molecule is CCCc1nc(COC(=O)c2cc(C)ccc2C)cs1. The number of carbonyl (C=O) groups excluding carboxylic acids is 1. The average molecular weight is 289 g/mol. The fraction of sp³-hybridized carbons (Fsp3) is 0.375. The van der Waals surface area contributed by atoms with Crippen LogP contribution in [0.2, 0.25) is 0 Å². The molecule has 0 saturated heterocycles. The van der Waals surface area contributed by atoms with Gasteiger partial charge in [-0.15, -0.1) is 11.3 Å². The maximum atomic E-state index is 12.1. The number of hydrogen-bond acceptors (Lipinski definition) is 4. The molecule has 1 heterocycles. The number of nitrogens with zero attached hydrogens (tertiary/aromatic N) is 1. The van der Waals surface area contributed by atoms with Crippen LogP contribution in [0.25, 0.3) is 0 Å². The number of carbonyl (C=O) groups is 1. The summed E-state index contributed by atoms with van der Waals surface area (Å²) >= 11 is 1.62. The highest BCUT2D eigenvalue weighted by atomic mass is 32.1. The molecule has 2 rings (SSSR count). The van der Waals surface area contributed by atoms with Crippen LogP contribution in [-0.2, 0) is 17.8 Å².